The van der Waals surface area contributed by atoms with E-state index in [-0.39, 0.29) is 6.61 Å². The zero-order valence-electron chi connectivity index (χ0n) is 13.8. The molecular formula is C18H20BrCl2NO3. The molecule has 0 unspecified atom stereocenters. The standard InChI is InChI=1S/C18H20BrCl2NO3/c1-24-17-6-5-15(19)14(10-22-7-2-8-23)18(17)25-11-12-3-4-13(20)9-16(12)21/h3-6,9,22-23H,2,7-8,10-11H2,1H3. The fourth-order valence-electron chi connectivity index (χ4n) is 2.27. The summed E-state index contributed by atoms with van der Waals surface area (Å²) >= 11 is 15.7. The molecule has 0 amide bonds. The van der Waals surface area contributed by atoms with Crippen molar-refractivity contribution >= 4 is 39.1 Å². The molecule has 2 N–H and O–H groups in total. The van der Waals surface area contributed by atoms with E-state index in [9.17, 15) is 0 Å². The molecule has 2 aromatic carbocycles. The van der Waals surface area contributed by atoms with Gasteiger partial charge in [-0.2, -0.15) is 0 Å². The highest BCUT2D eigenvalue weighted by molar-refractivity contribution is 9.10. The molecule has 0 aliphatic heterocycles. The van der Waals surface area contributed by atoms with Crippen molar-refractivity contribution in [3.05, 3.63) is 56.0 Å². The summed E-state index contributed by atoms with van der Waals surface area (Å²) < 4.78 is 12.4. The molecule has 0 fully saturated rings. The maximum Gasteiger partial charge on any atom is 0.167 e. The lowest BCUT2D eigenvalue weighted by Crippen LogP contribution is -2.17. The quantitative estimate of drug-likeness (QED) is 0.540. The van der Waals surface area contributed by atoms with Crippen LogP contribution in [0.5, 0.6) is 11.5 Å². The molecule has 0 saturated carbocycles. The number of hydrogen-bond donors (Lipinski definition) is 2. The smallest absolute Gasteiger partial charge is 0.167 e. The molecule has 0 saturated heterocycles. The van der Waals surface area contributed by atoms with Crippen LogP contribution in [0.25, 0.3) is 0 Å². The number of rotatable bonds is 9. The van der Waals surface area contributed by atoms with Crippen molar-refractivity contribution in [2.45, 2.75) is 19.6 Å². The van der Waals surface area contributed by atoms with Crippen LogP contribution >= 0.6 is 39.1 Å². The largest absolute Gasteiger partial charge is 0.493 e. The second kappa shape index (κ2) is 10.2. The molecular weight excluding hydrogens is 429 g/mol. The topological polar surface area (TPSA) is 50.7 Å². The summed E-state index contributed by atoms with van der Waals surface area (Å²) in [4.78, 5) is 0. The van der Waals surface area contributed by atoms with E-state index in [1.807, 2.05) is 18.2 Å². The predicted molar refractivity (Wildman–Crippen MR) is 105 cm³/mol. The van der Waals surface area contributed by atoms with Crippen LogP contribution in [0.1, 0.15) is 17.5 Å². The first-order chi connectivity index (χ1) is 12.1. The Kier molecular flexibility index (Phi) is 8.33. The molecule has 0 radical (unpaired) electrons. The molecule has 136 valence electrons. The Morgan fingerprint density at radius 3 is 2.68 bits per heavy atom. The second-order valence-corrected chi connectivity index (χ2v) is 7.03. The van der Waals surface area contributed by atoms with Gasteiger partial charge in [0.05, 0.1) is 7.11 Å². The Labute approximate surface area is 166 Å². The highest BCUT2D eigenvalue weighted by Gasteiger charge is 2.15. The molecule has 2 aromatic rings. The molecule has 0 aromatic heterocycles. The first-order valence-corrected chi connectivity index (χ1v) is 9.35. The van der Waals surface area contributed by atoms with Gasteiger partial charge < -0.3 is 19.9 Å². The van der Waals surface area contributed by atoms with Crippen LogP contribution in [-0.4, -0.2) is 25.4 Å². The van der Waals surface area contributed by atoms with Gasteiger partial charge in [-0.05, 0) is 37.2 Å². The molecule has 0 bridgehead atoms. The summed E-state index contributed by atoms with van der Waals surface area (Å²) in [6.45, 7) is 1.75. The summed E-state index contributed by atoms with van der Waals surface area (Å²) in [5.41, 5.74) is 1.79. The number of aliphatic hydroxyl groups is 1. The minimum absolute atomic E-state index is 0.157. The van der Waals surface area contributed by atoms with Gasteiger partial charge in [0.2, 0.25) is 0 Å². The zero-order valence-corrected chi connectivity index (χ0v) is 16.9. The molecule has 25 heavy (non-hydrogen) atoms. The average molecular weight is 449 g/mol. The Morgan fingerprint density at radius 2 is 2.00 bits per heavy atom. The molecule has 2 rings (SSSR count). The molecule has 4 nitrogen and oxygen atoms in total. The third-order valence-electron chi connectivity index (χ3n) is 3.59. The van der Waals surface area contributed by atoms with E-state index in [0.717, 1.165) is 15.6 Å². The normalized spacial score (nSPS) is 10.8. The summed E-state index contributed by atoms with van der Waals surface area (Å²) in [5.74, 6) is 1.30. The lowest BCUT2D eigenvalue weighted by Gasteiger charge is -2.17. The number of methoxy groups -OCH3 is 1. The second-order valence-electron chi connectivity index (χ2n) is 5.34. The number of halogens is 3. The number of nitrogens with one attached hydrogen (secondary N) is 1. The van der Waals surface area contributed by atoms with E-state index in [4.69, 9.17) is 37.8 Å². The lowest BCUT2D eigenvalue weighted by molar-refractivity contribution is 0.278. The molecule has 0 heterocycles. The highest BCUT2D eigenvalue weighted by Crippen LogP contribution is 2.37. The highest BCUT2D eigenvalue weighted by atomic mass is 79.9. The van der Waals surface area contributed by atoms with Crippen LogP contribution in [0.3, 0.4) is 0 Å². The van der Waals surface area contributed by atoms with Gasteiger partial charge in [0.15, 0.2) is 11.5 Å². The number of benzene rings is 2. The molecule has 7 heteroatoms. The predicted octanol–water partition coefficient (Wildman–Crippen LogP) is 4.82. The zero-order chi connectivity index (χ0) is 18.2. The molecule has 0 aliphatic carbocycles. The third-order valence-corrected chi connectivity index (χ3v) is 4.92. The van der Waals surface area contributed by atoms with Crippen LogP contribution in [0.15, 0.2) is 34.8 Å². The minimum atomic E-state index is 0.157. The Morgan fingerprint density at radius 1 is 1.20 bits per heavy atom. The van der Waals surface area contributed by atoms with E-state index in [0.29, 0.717) is 47.7 Å². The number of aliphatic hydroxyl groups excluding tert-OH is 1. The first-order valence-electron chi connectivity index (χ1n) is 7.80. The van der Waals surface area contributed by atoms with Gasteiger partial charge >= 0.3 is 0 Å². The van der Waals surface area contributed by atoms with Gasteiger partial charge in [-0.1, -0.05) is 45.2 Å². The van der Waals surface area contributed by atoms with Crippen molar-refractivity contribution in [1.29, 1.82) is 0 Å². The summed E-state index contributed by atoms with van der Waals surface area (Å²) in [6.07, 6.45) is 0.693. The van der Waals surface area contributed by atoms with Gasteiger partial charge in [-0.3, -0.25) is 0 Å². The van der Waals surface area contributed by atoms with Crippen molar-refractivity contribution in [3.63, 3.8) is 0 Å². The van der Waals surface area contributed by atoms with Crippen molar-refractivity contribution in [2.75, 3.05) is 20.3 Å². The van der Waals surface area contributed by atoms with Crippen molar-refractivity contribution in [2.24, 2.45) is 0 Å². The maximum absolute atomic E-state index is 8.89. The SMILES string of the molecule is COc1ccc(Br)c(CNCCCO)c1OCc1ccc(Cl)cc1Cl. The van der Waals surface area contributed by atoms with E-state index < -0.39 is 0 Å². The number of ether oxygens (including phenoxy) is 2. The minimum Gasteiger partial charge on any atom is -0.493 e. The van der Waals surface area contributed by atoms with Gasteiger partial charge in [0.1, 0.15) is 6.61 Å². The van der Waals surface area contributed by atoms with Crippen LogP contribution in [0, 0.1) is 0 Å². The molecule has 0 atom stereocenters. The van der Waals surface area contributed by atoms with Gasteiger partial charge in [0.25, 0.3) is 0 Å². The Balaban J connectivity index is 2.20. The average Bonchev–Trinajstić information content (AvgIpc) is 2.59. The first kappa shape index (κ1) is 20.3. The van der Waals surface area contributed by atoms with Crippen LogP contribution in [0.4, 0.5) is 0 Å². The van der Waals surface area contributed by atoms with Crippen LogP contribution in [0.2, 0.25) is 10.0 Å². The monoisotopic (exact) mass is 447 g/mol. The fourth-order valence-corrected chi connectivity index (χ4v) is 3.19. The van der Waals surface area contributed by atoms with Crippen LogP contribution in [-0.2, 0) is 13.2 Å². The van der Waals surface area contributed by atoms with E-state index in [1.54, 1.807) is 19.2 Å². The lowest BCUT2D eigenvalue weighted by atomic mass is 10.1. The molecule has 0 aliphatic rings. The Hall–Kier alpha value is -0.980. The summed E-state index contributed by atoms with van der Waals surface area (Å²) in [5, 5.41) is 13.3. The summed E-state index contributed by atoms with van der Waals surface area (Å²) in [6, 6.07) is 9.08. The van der Waals surface area contributed by atoms with Crippen molar-refractivity contribution < 1.29 is 14.6 Å². The van der Waals surface area contributed by atoms with Crippen molar-refractivity contribution in [3.8, 4) is 11.5 Å². The van der Waals surface area contributed by atoms with Crippen LogP contribution < -0.4 is 14.8 Å². The van der Waals surface area contributed by atoms with Gasteiger partial charge in [-0.15, -0.1) is 0 Å². The number of hydrogen-bond acceptors (Lipinski definition) is 4. The van der Waals surface area contributed by atoms with Crippen molar-refractivity contribution in [1.82, 2.24) is 5.32 Å². The van der Waals surface area contributed by atoms with E-state index >= 15 is 0 Å². The van der Waals surface area contributed by atoms with Gasteiger partial charge in [-0.25, -0.2) is 0 Å². The van der Waals surface area contributed by atoms with Gasteiger partial charge in [0, 0.05) is 38.8 Å². The maximum atomic E-state index is 8.89. The van der Waals surface area contributed by atoms with E-state index in [2.05, 4.69) is 21.2 Å². The Bertz CT molecular complexity index is 713. The van der Waals surface area contributed by atoms with E-state index in [1.165, 1.54) is 0 Å². The molecule has 0 spiro atoms. The third kappa shape index (κ3) is 5.76. The summed E-state index contributed by atoms with van der Waals surface area (Å²) in [7, 11) is 1.61. The fraction of sp³-hybridized carbons (Fsp3) is 0.333.